The molecule has 10 heteroatoms. The molecule has 1 aliphatic heterocycles. The number of carboxylic acid groups (broad SMARTS) is 1. The zero-order valence-electron chi connectivity index (χ0n) is 23.4. The number of anilines is 3. The quantitative estimate of drug-likeness (QED) is 0.260. The van der Waals surface area contributed by atoms with Crippen LogP contribution in [0.2, 0.25) is 0 Å². The molecule has 5 rings (SSSR count). The number of nitrogens with one attached hydrogen (secondary N) is 1. The summed E-state index contributed by atoms with van der Waals surface area (Å²) in [6, 6.07) is 16.9. The normalized spacial score (nSPS) is 15.3. The molecule has 1 aliphatic rings. The maximum atomic E-state index is 11.6. The van der Waals surface area contributed by atoms with Crippen molar-refractivity contribution in [2.75, 3.05) is 29.9 Å². The summed E-state index contributed by atoms with van der Waals surface area (Å²) in [7, 11) is 0. The third-order valence-corrected chi connectivity index (χ3v) is 7.10. The van der Waals surface area contributed by atoms with Crippen LogP contribution < -0.4 is 19.7 Å². The van der Waals surface area contributed by atoms with Gasteiger partial charge in [-0.1, -0.05) is 36.4 Å². The van der Waals surface area contributed by atoms with Crippen LogP contribution in [-0.4, -0.2) is 56.8 Å². The lowest BCUT2D eigenvalue weighted by molar-refractivity contribution is -0.142. The van der Waals surface area contributed by atoms with E-state index < -0.39 is 11.4 Å². The van der Waals surface area contributed by atoms with Gasteiger partial charge in [0.1, 0.15) is 11.9 Å². The molecule has 1 saturated heterocycles. The van der Waals surface area contributed by atoms with E-state index in [1.165, 1.54) is 0 Å². The van der Waals surface area contributed by atoms with Gasteiger partial charge in [-0.3, -0.25) is 9.78 Å². The number of rotatable bonds is 10. The number of nitrogens with zero attached hydrogens (tertiary/aromatic N) is 5. The fourth-order valence-electron chi connectivity index (χ4n) is 4.69. The number of aromatic nitrogens is 4. The first-order valence-corrected chi connectivity index (χ1v) is 13.7. The van der Waals surface area contributed by atoms with E-state index in [1.54, 1.807) is 32.4 Å². The highest BCUT2D eigenvalue weighted by atomic mass is 16.5. The van der Waals surface area contributed by atoms with Gasteiger partial charge in [-0.25, -0.2) is 15.0 Å². The zero-order chi connectivity index (χ0) is 28.8. The molecule has 0 radical (unpaired) electrons. The van der Waals surface area contributed by atoms with Crippen molar-refractivity contribution in [3.63, 3.8) is 0 Å². The van der Waals surface area contributed by atoms with E-state index in [9.17, 15) is 9.90 Å². The van der Waals surface area contributed by atoms with Crippen molar-refractivity contribution in [3.8, 4) is 22.8 Å². The summed E-state index contributed by atoms with van der Waals surface area (Å²) in [4.78, 5) is 31.9. The molecule has 2 aromatic carbocycles. The maximum Gasteiger partial charge on any atom is 0.313 e. The number of hydrogen-bond acceptors (Lipinski definition) is 9. The van der Waals surface area contributed by atoms with Gasteiger partial charge in [0, 0.05) is 18.3 Å². The van der Waals surface area contributed by atoms with Gasteiger partial charge in [-0.2, -0.15) is 0 Å². The highest BCUT2D eigenvalue weighted by Crippen LogP contribution is 2.30. The van der Waals surface area contributed by atoms with E-state index in [2.05, 4.69) is 25.2 Å². The van der Waals surface area contributed by atoms with Crippen LogP contribution in [0.1, 0.15) is 39.2 Å². The Kier molecular flexibility index (Phi) is 8.28. The van der Waals surface area contributed by atoms with Gasteiger partial charge in [0.25, 0.3) is 0 Å². The SMILES string of the molecule is CCOc1ccccc1OC1CCCN(c2cncc(Nc3nccc(-c4ccc(C(C)(C)C(=O)O)cc4)n3)n2)C1. The van der Waals surface area contributed by atoms with E-state index >= 15 is 0 Å². The van der Waals surface area contributed by atoms with Crippen molar-refractivity contribution >= 4 is 23.6 Å². The number of ether oxygens (including phenoxy) is 2. The molecule has 0 amide bonds. The van der Waals surface area contributed by atoms with Gasteiger partial charge >= 0.3 is 5.97 Å². The average molecular weight is 555 g/mol. The minimum Gasteiger partial charge on any atom is -0.490 e. The lowest BCUT2D eigenvalue weighted by Crippen LogP contribution is -2.41. The summed E-state index contributed by atoms with van der Waals surface area (Å²) >= 11 is 0. The molecule has 212 valence electrons. The number of carboxylic acids is 1. The van der Waals surface area contributed by atoms with Crippen molar-refractivity contribution in [2.24, 2.45) is 0 Å². The Morgan fingerprint density at radius 2 is 1.85 bits per heavy atom. The van der Waals surface area contributed by atoms with Crippen LogP contribution in [0, 0.1) is 0 Å². The molecule has 4 aromatic rings. The Hall–Kier alpha value is -4.73. The first kappa shape index (κ1) is 27.8. The Bertz CT molecular complexity index is 1490. The smallest absolute Gasteiger partial charge is 0.313 e. The Balaban J connectivity index is 1.27. The number of para-hydroxylation sites is 2. The monoisotopic (exact) mass is 554 g/mol. The van der Waals surface area contributed by atoms with Crippen molar-refractivity contribution in [3.05, 3.63) is 78.8 Å². The topological polar surface area (TPSA) is 123 Å². The fourth-order valence-corrected chi connectivity index (χ4v) is 4.69. The molecular formula is C31H34N6O4. The van der Waals surface area contributed by atoms with E-state index in [1.807, 2.05) is 61.5 Å². The average Bonchev–Trinajstić information content (AvgIpc) is 2.99. The second kappa shape index (κ2) is 12.2. The van der Waals surface area contributed by atoms with Crippen LogP contribution in [0.15, 0.2) is 73.2 Å². The molecule has 3 heterocycles. The lowest BCUT2D eigenvalue weighted by atomic mass is 9.84. The van der Waals surface area contributed by atoms with Gasteiger partial charge in [-0.15, -0.1) is 0 Å². The standard InChI is InChI=1S/C31H34N6O4/c1-4-40-25-9-5-6-10-26(25)41-23-8-7-17-37(20-23)28-19-32-18-27(35-28)36-30-33-16-15-24(34-30)21-11-13-22(14-12-21)31(2,3)29(38)39/h5-6,9-16,18-19,23H,4,7-8,17,20H2,1-3H3,(H,38,39)(H,33,34,35,36). The minimum atomic E-state index is -0.977. The lowest BCUT2D eigenvalue weighted by Gasteiger charge is -2.33. The van der Waals surface area contributed by atoms with E-state index in [4.69, 9.17) is 14.5 Å². The van der Waals surface area contributed by atoms with E-state index in [0.717, 1.165) is 47.8 Å². The van der Waals surface area contributed by atoms with Crippen molar-refractivity contribution in [1.29, 1.82) is 0 Å². The van der Waals surface area contributed by atoms with Crippen LogP contribution in [-0.2, 0) is 10.2 Å². The number of carbonyl (C=O) groups is 1. The second-order valence-corrected chi connectivity index (χ2v) is 10.4. The summed E-state index contributed by atoms with van der Waals surface area (Å²) in [6.45, 7) is 7.44. The van der Waals surface area contributed by atoms with Gasteiger partial charge in [0.05, 0.1) is 36.7 Å². The van der Waals surface area contributed by atoms with Crippen LogP contribution in [0.4, 0.5) is 17.6 Å². The third kappa shape index (κ3) is 6.54. The highest BCUT2D eigenvalue weighted by Gasteiger charge is 2.29. The summed E-state index contributed by atoms with van der Waals surface area (Å²) in [5.41, 5.74) is 1.30. The van der Waals surface area contributed by atoms with Crippen molar-refractivity contribution < 1.29 is 19.4 Å². The molecule has 10 nitrogen and oxygen atoms in total. The zero-order valence-corrected chi connectivity index (χ0v) is 23.4. The molecule has 41 heavy (non-hydrogen) atoms. The molecule has 1 fully saturated rings. The summed E-state index contributed by atoms with van der Waals surface area (Å²) in [5.74, 6) is 2.29. The molecule has 1 atom stereocenters. The Morgan fingerprint density at radius 1 is 1.07 bits per heavy atom. The maximum absolute atomic E-state index is 11.6. The van der Waals surface area contributed by atoms with Gasteiger partial charge in [0.2, 0.25) is 5.95 Å². The number of piperidine rings is 1. The second-order valence-electron chi connectivity index (χ2n) is 10.4. The van der Waals surface area contributed by atoms with Gasteiger partial charge in [-0.05, 0) is 57.4 Å². The predicted molar refractivity (Wildman–Crippen MR) is 157 cm³/mol. The molecule has 2 N–H and O–H groups in total. The number of hydrogen-bond donors (Lipinski definition) is 2. The molecule has 2 aromatic heterocycles. The first-order chi connectivity index (χ1) is 19.8. The minimum absolute atomic E-state index is 0.00347. The fraction of sp³-hybridized carbons (Fsp3) is 0.323. The van der Waals surface area contributed by atoms with Crippen molar-refractivity contribution in [2.45, 2.75) is 45.1 Å². The predicted octanol–water partition coefficient (Wildman–Crippen LogP) is 5.49. The van der Waals surface area contributed by atoms with Crippen LogP contribution in [0.3, 0.4) is 0 Å². The van der Waals surface area contributed by atoms with E-state index in [0.29, 0.717) is 30.6 Å². The number of benzene rings is 2. The molecule has 0 saturated carbocycles. The largest absolute Gasteiger partial charge is 0.490 e. The van der Waals surface area contributed by atoms with Crippen LogP contribution in [0.5, 0.6) is 11.5 Å². The summed E-state index contributed by atoms with van der Waals surface area (Å²) in [5, 5.41) is 12.7. The Morgan fingerprint density at radius 3 is 2.61 bits per heavy atom. The molecule has 0 spiro atoms. The molecule has 1 unspecified atom stereocenters. The molecule has 0 bridgehead atoms. The first-order valence-electron chi connectivity index (χ1n) is 13.7. The highest BCUT2D eigenvalue weighted by molar-refractivity contribution is 5.80. The molecular weight excluding hydrogens is 520 g/mol. The number of aliphatic carboxylic acids is 1. The van der Waals surface area contributed by atoms with Crippen molar-refractivity contribution in [1.82, 2.24) is 19.9 Å². The van der Waals surface area contributed by atoms with Gasteiger partial charge in [0.15, 0.2) is 17.3 Å². The summed E-state index contributed by atoms with van der Waals surface area (Å²) < 4.78 is 12.1. The Labute approximate surface area is 239 Å². The van der Waals surface area contributed by atoms with Crippen LogP contribution >= 0.6 is 0 Å². The molecule has 0 aliphatic carbocycles. The van der Waals surface area contributed by atoms with Crippen LogP contribution in [0.25, 0.3) is 11.3 Å². The van der Waals surface area contributed by atoms with E-state index in [-0.39, 0.29) is 6.10 Å². The van der Waals surface area contributed by atoms with Gasteiger partial charge < -0.3 is 24.8 Å². The third-order valence-electron chi connectivity index (χ3n) is 7.10. The summed E-state index contributed by atoms with van der Waals surface area (Å²) in [6.07, 6.45) is 6.96.